The number of Topliss-reactive ketones (excluding diaryl/α,β-unsaturated/α-hetero) is 1. The third-order valence-corrected chi connectivity index (χ3v) is 7.69. The van der Waals surface area contributed by atoms with Gasteiger partial charge in [-0.2, -0.15) is 13.2 Å². The molecule has 3 aromatic rings. The minimum absolute atomic E-state index is 0. The Bertz CT molecular complexity index is 1330. The minimum atomic E-state index is -4.43. The van der Waals surface area contributed by atoms with Gasteiger partial charge in [-0.3, -0.25) is 9.59 Å². The predicted octanol–water partition coefficient (Wildman–Crippen LogP) is -12.6. The van der Waals surface area contributed by atoms with Gasteiger partial charge in [0.2, 0.25) is 11.4 Å². The Balaban J connectivity index is -0.00000387. The van der Waals surface area contributed by atoms with Crippen molar-refractivity contribution in [2.24, 2.45) is 17.2 Å². The summed E-state index contributed by atoms with van der Waals surface area (Å²) in [6.07, 6.45) is -0.954. The summed E-state index contributed by atoms with van der Waals surface area (Å²) in [5.41, 5.74) is 19.3. The number of halogens is 8. The maximum atomic E-state index is 13.5. The predicted molar refractivity (Wildman–Crippen MR) is 157 cm³/mol. The van der Waals surface area contributed by atoms with Crippen LogP contribution < -0.4 is 89.5 Å². The number of likely N-dealkylation sites (N-methyl/N-ethyl adjacent to an activating group) is 1. The fourth-order valence-corrected chi connectivity index (χ4v) is 5.14. The second-order valence-corrected chi connectivity index (χ2v) is 11.1. The summed E-state index contributed by atoms with van der Waals surface area (Å²) in [4.78, 5) is 29.7. The van der Waals surface area contributed by atoms with Crippen molar-refractivity contribution >= 4 is 22.6 Å². The van der Waals surface area contributed by atoms with Crippen LogP contribution in [0, 0.1) is 0 Å². The zero-order valence-corrected chi connectivity index (χ0v) is 29.8. The lowest BCUT2D eigenvalue weighted by molar-refractivity contribution is -0.907. The average molecular weight is 766 g/mol. The Labute approximate surface area is 305 Å². The Kier molecular flexibility index (Phi) is 24.7. The number of nitrogens with one attached hydrogen (secondary N) is 2. The number of alkyl halides is 3. The van der Waals surface area contributed by atoms with Crippen molar-refractivity contribution in [2.45, 2.75) is 50.4 Å². The Morgan fingerprint density at radius 2 is 1.47 bits per heavy atom. The van der Waals surface area contributed by atoms with E-state index in [1.54, 1.807) is 6.20 Å². The quantitative estimate of drug-likeness (QED) is 0.108. The van der Waals surface area contributed by atoms with E-state index in [1.807, 2.05) is 30.3 Å². The largest absolute Gasteiger partial charge is 1.00 e. The summed E-state index contributed by atoms with van der Waals surface area (Å²) in [5.74, 6) is -0.640. The van der Waals surface area contributed by atoms with Gasteiger partial charge in [0.1, 0.15) is 0 Å². The van der Waals surface area contributed by atoms with Crippen LogP contribution in [0.4, 0.5) is 13.2 Å². The number of carbonyl (C=O) groups excluding carboxylic acids is 2. The summed E-state index contributed by atoms with van der Waals surface area (Å²) >= 11 is 0. The number of aromatic nitrogens is 1. The summed E-state index contributed by atoms with van der Waals surface area (Å²) < 4.78 is 39.6. The van der Waals surface area contributed by atoms with E-state index in [0.29, 0.717) is 42.4 Å². The van der Waals surface area contributed by atoms with Gasteiger partial charge in [-0.05, 0) is 55.5 Å². The van der Waals surface area contributed by atoms with E-state index >= 15 is 0 Å². The van der Waals surface area contributed by atoms with E-state index in [2.05, 4.69) is 17.3 Å². The van der Waals surface area contributed by atoms with Crippen molar-refractivity contribution in [2.75, 3.05) is 39.8 Å². The molecule has 0 saturated heterocycles. The zero-order valence-electron chi connectivity index (χ0n) is 26.0. The smallest absolute Gasteiger partial charge is 0.416 e. The Morgan fingerprint density at radius 1 is 0.872 bits per heavy atom. The molecule has 16 heteroatoms. The number of quaternary nitrogens is 1. The van der Waals surface area contributed by atoms with Crippen molar-refractivity contribution in [3.63, 3.8) is 0 Å². The number of hydrogen-bond donors (Lipinski definition) is 4. The third kappa shape index (κ3) is 15.9. The molecule has 8 N–H and O–H groups in total. The second kappa shape index (κ2) is 23.4. The first-order chi connectivity index (χ1) is 19.9. The highest BCUT2D eigenvalue weighted by molar-refractivity contribution is 5.92. The maximum Gasteiger partial charge on any atom is 0.416 e. The van der Waals surface area contributed by atoms with Gasteiger partial charge in [0, 0.05) is 36.5 Å². The number of ketones is 1. The van der Waals surface area contributed by atoms with Crippen molar-refractivity contribution in [3.8, 4) is 0 Å². The molecule has 1 heterocycles. The number of aromatic amines is 1. The van der Waals surface area contributed by atoms with E-state index in [-0.39, 0.29) is 80.7 Å². The normalized spacial score (nSPS) is 12.1. The lowest BCUT2D eigenvalue weighted by atomic mass is 9.97. The lowest BCUT2D eigenvalue weighted by Gasteiger charge is -2.34. The van der Waals surface area contributed by atoms with Crippen LogP contribution in [-0.4, -0.2) is 68.0 Å². The topological polar surface area (TPSA) is 138 Å². The van der Waals surface area contributed by atoms with Crippen LogP contribution >= 0.6 is 0 Å². The highest BCUT2D eigenvalue weighted by atomic mass is 35.5. The van der Waals surface area contributed by atoms with Crippen LogP contribution in [0.1, 0.15) is 36.0 Å². The molecule has 0 aliphatic rings. The van der Waals surface area contributed by atoms with Crippen LogP contribution in [0.3, 0.4) is 0 Å². The van der Waals surface area contributed by atoms with Gasteiger partial charge in [0.15, 0.2) is 12.0 Å². The van der Waals surface area contributed by atoms with Gasteiger partial charge in [0.25, 0.3) is 0 Å². The number of amides is 1. The third-order valence-electron chi connectivity index (χ3n) is 7.69. The molecule has 0 spiro atoms. The fourth-order valence-electron chi connectivity index (χ4n) is 5.14. The number of pyridine rings is 1. The number of aryl methyl sites for hydroxylation is 1. The molecule has 0 aliphatic carbocycles. The SMILES string of the molecule is C[N+](CCN)(CCN)CCC[C@H](N)C(=O)N[C@H](CCc1ccc(C(F)(F)F)cc1)C(=O)Cc1c[nH+]c2ccccc2c1.[Cl-].[Cl-].[Cl-].[Cl-].[Cl-]. The molecule has 0 unspecified atom stereocenters. The second-order valence-electron chi connectivity index (χ2n) is 11.1. The number of rotatable bonds is 16. The van der Waals surface area contributed by atoms with Crippen molar-refractivity contribution < 1.29 is 94.3 Å². The maximum absolute atomic E-state index is 13.5. The summed E-state index contributed by atoms with van der Waals surface area (Å²) in [6.45, 7) is 3.36. The van der Waals surface area contributed by atoms with E-state index in [4.69, 9.17) is 17.2 Å². The molecule has 1 aromatic heterocycles. The Morgan fingerprint density at radius 3 is 2.04 bits per heavy atom. The molecule has 8 nitrogen and oxygen atoms in total. The number of carbonyl (C=O) groups is 2. The molecule has 47 heavy (non-hydrogen) atoms. The van der Waals surface area contributed by atoms with E-state index < -0.39 is 29.7 Å². The molecule has 2 atom stereocenters. The standard InChI is InChI=1S/C31H41F3N6O2.5ClH/c1-40(17-14-35,18-15-36)16-4-6-26(37)30(42)39-28(13-10-22-8-11-25(12-9-22)31(32,33)34)29(41)20-23-19-24-5-2-3-7-27(24)38-21-23;;;;;/h2-3,5,7-9,11-12,19,21,26,28H,4,6,10,13-18,20,35-37H2,1H3;5*1H/p-3/t26-,28+;;;;;/m0...../s1. The summed E-state index contributed by atoms with van der Waals surface area (Å²) in [5, 5.41) is 3.78. The summed E-state index contributed by atoms with van der Waals surface area (Å²) in [6, 6.07) is 12.8. The molecule has 0 saturated carbocycles. The summed E-state index contributed by atoms with van der Waals surface area (Å²) in [7, 11) is 2.07. The van der Waals surface area contributed by atoms with Gasteiger partial charge in [0.05, 0.1) is 44.3 Å². The van der Waals surface area contributed by atoms with Gasteiger partial charge < -0.3 is 89.0 Å². The lowest BCUT2D eigenvalue weighted by Crippen LogP contribution is -3.00. The van der Waals surface area contributed by atoms with E-state index in [0.717, 1.165) is 48.2 Å². The van der Waals surface area contributed by atoms with Crippen LogP contribution in [0.5, 0.6) is 0 Å². The first-order valence-electron chi connectivity index (χ1n) is 14.3. The minimum Gasteiger partial charge on any atom is -1.00 e. The van der Waals surface area contributed by atoms with Crippen molar-refractivity contribution in [1.82, 2.24) is 5.32 Å². The first kappa shape index (κ1) is 49.5. The molecule has 2 aromatic carbocycles. The Hall–Kier alpha value is -1.93. The molecular formula is C31H43Cl5F3N6O2-3. The van der Waals surface area contributed by atoms with Crippen LogP contribution in [0.25, 0.3) is 10.9 Å². The van der Waals surface area contributed by atoms with Crippen LogP contribution in [0.15, 0.2) is 60.8 Å². The zero-order chi connectivity index (χ0) is 30.8. The monoisotopic (exact) mass is 763 g/mol. The van der Waals surface area contributed by atoms with Crippen molar-refractivity contribution in [3.05, 3.63) is 77.5 Å². The van der Waals surface area contributed by atoms with Crippen molar-refractivity contribution in [1.29, 1.82) is 0 Å². The number of benzene rings is 2. The average Bonchev–Trinajstić information content (AvgIpc) is 2.95. The highest BCUT2D eigenvalue weighted by Gasteiger charge is 2.30. The molecule has 3 rings (SSSR count). The van der Waals surface area contributed by atoms with Gasteiger partial charge >= 0.3 is 6.18 Å². The van der Waals surface area contributed by atoms with E-state index in [9.17, 15) is 22.8 Å². The molecule has 0 fully saturated rings. The molecule has 268 valence electrons. The molecule has 0 aliphatic heterocycles. The molecule has 0 bridgehead atoms. The van der Waals surface area contributed by atoms with Gasteiger partial charge in [-0.25, -0.2) is 4.98 Å². The number of nitrogens with zero attached hydrogens (tertiary/aromatic N) is 1. The number of H-pyrrole nitrogens is 1. The fraction of sp³-hybridized carbons (Fsp3) is 0.452. The molecular weight excluding hydrogens is 723 g/mol. The van der Waals surface area contributed by atoms with Crippen LogP contribution in [0.2, 0.25) is 0 Å². The van der Waals surface area contributed by atoms with E-state index in [1.165, 1.54) is 12.1 Å². The number of hydrogen-bond acceptors (Lipinski definition) is 5. The first-order valence-corrected chi connectivity index (χ1v) is 14.3. The number of fused-ring (bicyclic) bond motifs is 1. The highest BCUT2D eigenvalue weighted by Crippen LogP contribution is 2.29. The van der Waals surface area contributed by atoms with Gasteiger partial charge in [-0.15, -0.1) is 0 Å². The molecule has 1 amide bonds. The number of nitrogens with two attached hydrogens (primary N) is 3. The molecule has 0 radical (unpaired) electrons. The number of para-hydroxylation sites is 1. The van der Waals surface area contributed by atoms with Crippen LogP contribution in [-0.2, 0) is 28.6 Å². The van der Waals surface area contributed by atoms with Gasteiger partial charge in [-0.1, -0.05) is 24.3 Å².